The van der Waals surface area contributed by atoms with Crippen LogP contribution in [-0.2, 0) is 0 Å². The highest BCUT2D eigenvalue weighted by Crippen LogP contribution is 2.20. The first-order valence-corrected chi connectivity index (χ1v) is 10.4. The van der Waals surface area contributed by atoms with Crippen LogP contribution in [-0.4, -0.2) is 63.3 Å². The Balaban J connectivity index is 1.31. The van der Waals surface area contributed by atoms with E-state index in [9.17, 15) is 0 Å². The van der Waals surface area contributed by atoms with Crippen molar-refractivity contribution in [1.29, 1.82) is 0 Å². The van der Waals surface area contributed by atoms with E-state index in [1.54, 1.807) is 7.11 Å². The number of rotatable bonds is 7. The fraction of sp³-hybridized carbons (Fsp3) is 0.667. The van der Waals surface area contributed by atoms with Crippen molar-refractivity contribution in [2.24, 2.45) is 10.7 Å². The van der Waals surface area contributed by atoms with Crippen LogP contribution in [0.4, 0.5) is 5.69 Å². The molecule has 6 nitrogen and oxygen atoms in total. The number of hydrogen-bond donors (Lipinski definition) is 2. The minimum Gasteiger partial charge on any atom is -0.497 e. The van der Waals surface area contributed by atoms with Crippen molar-refractivity contribution >= 4 is 11.6 Å². The van der Waals surface area contributed by atoms with E-state index in [4.69, 9.17) is 10.5 Å². The van der Waals surface area contributed by atoms with Crippen molar-refractivity contribution in [3.63, 3.8) is 0 Å². The summed E-state index contributed by atoms with van der Waals surface area (Å²) < 4.78 is 5.24. The highest BCUT2D eigenvalue weighted by Gasteiger charge is 2.17. The Morgan fingerprint density at radius 1 is 1.11 bits per heavy atom. The van der Waals surface area contributed by atoms with Crippen LogP contribution in [0.25, 0.3) is 0 Å². The van der Waals surface area contributed by atoms with Crippen LogP contribution in [0.1, 0.15) is 38.5 Å². The van der Waals surface area contributed by atoms with E-state index in [-0.39, 0.29) is 0 Å². The minimum atomic E-state index is 0.536. The largest absolute Gasteiger partial charge is 0.497 e. The van der Waals surface area contributed by atoms with Crippen LogP contribution < -0.4 is 20.7 Å². The number of nitrogens with zero attached hydrogens (tertiary/aromatic N) is 3. The maximum atomic E-state index is 6.04. The lowest BCUT2D eigenvalue weighted by Gasteiger charge is -2.36. The number of nitrogens with two attached hydrogens (primary N) is 1. The molecule has 1 saturated carbocycles. The van der Waals surface area contributed by atoms with Gasteiger partial charge in [-0.25, -0.2) is 0 Å². The molecule has 0 atom stereocenters. The van der Waals surface area contributed by atoms with Gasteiger partial charge in [0.05, 0.1) is 7.11 Å². The van der Waals surface area contributed by atoms with E-state index in [1.165, 1.54) is 37.8 Å². The van der Waals surface area contributed by atoms with Gasteiger partial charge < -0.3 is 20.7 Å². The third-order valence-electron chi connectivity index (χ3n) is 5.68. The number of methoxy groups -OCH3 is 1. The summed E-state index contributed by atoms with van der Waals surface area (Å²) in [5, 5.41) is 3.39. The molecule has 6 heteroatoms. The molecule has 0 unspecified atom stereocenters. The first-order valence-electron chi connectivity index (χ1n) is 10.4. The Morgan fingerprint density at radius 3 is 2.48 bits per heavy atom. The molecule has 1 aromatic carbocycles. The fourth-order valence-corrected chi connectivity index (χ4v) is 4.02. The van der Waals surface area contributed by atoms with Crippen LogP contribution in [0.15, 0.2) is 29.3 Å². The lowest BCUT2D eigenvalue weighted by molar-refractivity contribution is 0.256. The predicted octanol–water partition coefficient (Wildman–Crippen LogP) is 2.44. The van der Waals surface area contributed by atoms with E-state index >= 15 is 0 Å². The summed E-state index contributed by atoms with van der Waals surface area (Å²) in [4.78, 5) is 9.49. The first kappa shape index (κ1) is 19.8. The minimum absolute atomic E-state index is 0.536. The molecule has 1 heterocycles. The van der Waals surface area contributed by atoms with Crippen molar-refractivity contribution in [2.45, 2.75) is 44.6 Å². The van der Waals surface area contributed by atoms with Gasteiger partial charge in [-0.3, -0.25) is 9.89 Å². The fourth-order valence-electron chi connectivity index (χ4n) is 4.02. The molecular weight excluding hydrogens is 338 g/mol. The predicted molar refractivity (Wildman–Crippen MR) is 113 cm³/mol. The molecule has 1 aliphatic carbocycles. The van der Waals surface area contributed by atoms with Gasteiger partial charge in [0.25, 0.3) is 0 Å². The third kappa shape index (κ3) is 6.31. The molecule has 1 saturated heterocycles. The van der Waals surface area contributed by atoms with Crippen LogP contribution >= 0.6 is 0 Å². The average molecular weight is 374 g/mol. The van der Waals surface area contributed by atoms with Crippen LogP contribution in [0.2, 0.25) is 0 Å². The lowest BCUT2D eigenvalue weighted by atomic mass is 9.96. The van der Waals surface area contributed by atoms with Crippen molar-refractivity contribution in [3.05, 3.63) is 24.3 Å². The quantitative estimate of drug-likeness (QED) is 0.437. The summed E-state index contributed by atoms with van der Waals surface area (Å²) in [6.07, 6.45) is 7.51. The molecule has 0 spiro atoms. The zero-order chi connectivity index (χ0) is 18.9. The zero-order valence-electron chi connectivity index (χ0n) is 16.7. The molecule has 1 aliphatic heterocycles. The number of hydrogen-bond acceptors (Lipinski definition) is 4. The highest BCUT2D eigenvalue weighted by molar-refractivity contribution is 5.78. The normalized spacial score (nSPS) is 19.9. The second-order valence-electron chi connectivity index (χ2n) is 7.63. The zero-order valence-corrected chi connectivity index (χ0v) is 16.7. The van der Waals surface area contributed by atoms with Crippen molar-refractivity contribution in [1.82, 2.24) is 10.2 Å². The molecule has 0 aromatic heterocycles. The summed E-state index contributed by atoms with van der Waals surface area (Å²) >= 11 is 0. The number of benzene rings is 1. The van der Waals surface area contributed by atoms with Gasteiger partial charge in [0.15, 0.2) is 5.96 Å². The van der Waals surface area contributed by atoms with Crippen LogP contribution in [0.3, 0.4) is 0 Å². The maximum absolute atomic E-state index is 6.04. The Bertz CT molecular complexity index is 575. The summed E-state index contributed by atoms with van der Waals surface area (Å²) in [6, 6.07) is 8.89. The molecule has 27 heavy (non-hydrogen) atoms. The molecule has 0 radical (unpaired) electrons. The van der Waals surface area contributed by atoms with E-state index in [0.717, 1.165) is 51.4 Å². The highest BCUT2D eigenvalue weighted by atomic mass is 16.5. The molecule has 1 aromatic rings. The average Bonchev–Trinajstić information content (AvgIpc) is 2.72. The van der Waals surface area contributed by atoms with Crippen LogP contribution in [0, 0.1) is 0 Å². The topological polar surface area (TPSA) is 66.1 Å². The maximum Gasteiger partial charge on any atom is 0.188 e. The van der Waals surface area contributed by atoms with Crippen molar-refractivity contribution in [2.75, 3.05) is 51.3 Å². The van der Waals surface area contributed by atoms with Crippen molar-refractivity contribution in [3.8, 4) is 5.75 Å². The van der Waals surface area contributed by atoms with Gasteiger partial charge in [0.1, 0.15) is 5.75 Å². The Morgan fingerprint density at radius 2 is 1.81 bits per heavy atom. The van der Waals surface area contributed by atoms with Gasteiger partial charge in [-0.05, 0) is 43.5 Å². The van der Waals surface area contributed by atoms with Crippen LogP contribution in [0.5, 0.6) is 5.75 Å². The SMILES string of the molecule is COc1ccc(N2CCN(CCCN=C(N)NC3CCCCC3)CC2)cc1. The number of ether oxygens (including phenoxy) is 1. The summed E-state index contributed by atoms with van der Waals surface area (Å²) in [7, 11) is 1.71. The summed E-state index contributed by atoms with van der Waals surface area (Å²) in [6.45, 7) is 6.25. The number of nitrogens with one attached hydrogen (secondary N) is 1. The molecular formula is C21H35N5O. The molecule has 3 rings (SSSR count). The molecule has 150 valence electrons. The Labute approximate surface area is 163 Å². The lowest BCUT2D eigenvalue weighted by Crippen LogP contribution is -2.46. The van der Waals surface area contributed by atoms with E-state index in [2.05, 4.69) is 32.2 Å². The summed E-state index contributed by atoms with van der Waals surface area (Å²) in [5.74, 6) is 1.54. The third-order valence-corrected chi connectivity index (χ3v) is 5.68. The van der Waals surface area contributed by atoms with Gasteiger partial charge in [-0.1, -0.05) is 19.3 Å². The number of guanidine groups is 1. The Kier molecular flexibility index (Phi) is 7.63. The standard InChI is InChI=1S/C21H35N5O/c1-27-20-10-8-19(9-11-20)26-16-14-25(15-17-26)13-5-12-23-21(22)24-18-6-3-2-4-7-18/h8-11,18H,2-7,12-17H2,1H3,(H3,22,23,24). The van der Waals surface area contributed by atoms with Crippen molar-refractivity contribution < 1.29 is 4.74 Å². The first-order chi connectivity index (χ1) is 13.2. The number of piperazine rings is 1. The Hall–Kier alpha value is -1.95. The second kappa shape index (κ2) is 10.4. The van der Waals surface area contributed by atoms with E-state index in [0.29, 0.717) is 12.0 Å². The van der Waals surface area contributed by atoms with Gasteiger partial charge in [0.2, 0.25) is 0 Å². The van der Waals surface area contributed by atoms with E-state index < -0.39 is 0 Å². The second-order valence-corrected chi connectivity index (χ2v) is 7.63. The molecule has 3 N–H and O–H groups in total. The summed E-state index contributed by atoms with van der Waals surface area (Å²) in [5.41, 5.74) is 7.32. The molecule has 2 aliphatic rings. The smallest absolute Gasteiger partial charge is 0.188 e. The molecule has 0 bridgehead atoms. The number of anilines is 1. The van der Waals surface area contributed by atoms with E-state index in [1.807, 2.05) is 12.1 Å². The van der Waals surface area contributed by atoms with Gasteiger partial charge >= 0.3 is 0 Å². The van der Waals surface area contributed by atoms with Gasteiger partial charge in [-0.2, -0.15) is 0 Å². The van der Waals surface area contributed by atoms with Gasteiger partial charge in [-0.15, -0.1) is 0 Å². The molecule has 0 amide bonds. The van der Waals surface area contributed by atoms with Gasteiger partial charge in [0, 0.05) is 51.0 Å². The monoisotopic (exact) mass is 373 g/mol. The number of aliphatic imine (C=N–C) groups is 1. The molecule has 2 fully saturated rings.